The first-order valence-electron chi connectivity index (χ1n) is 9.48. The number of aromatic amines is 1. The summed E-state index contributed by atoms with van der Waals surface area (Å²) in [4.78, 5) is 56.5. The average Bonchev–Trinajstić information content (AvgIpc) is 3.03. The maximum atomic E-state index is 12.2. The van der Waals surface area contributed by atoms with Gasteiger partial charge >= 0.3 is 19.4 Å². The molecule has 0 saturated carbocycles. The zero-order valence-corrected chi connectivity index (χ0v) is 18.0. The number of aliphatic hydroxyl groups is 2. The minimum absolute atomic E-state index is 0.0112. The quantitative estimate of drug-likeness (QED) is 0.255. The van der Waals surface area contributed by atoms with Crippen LogP contribution in [-0.2, 0) is 14.0 Å². The summed E-state index contributed by atoms with van der Waals surface area (Å²) < 4.78 is 28.1. The van der Waals surface area contributed by atoms with Crippen LogP contribution in [0.4, 0.5) is 4.79 Å². The highest BCUT2D eigenvalue weighted by Gasteiger charge is 2.44. The van der Waals surface area contributed by atoms with E-state index in [4.69, 9.17) is 14.2 Å². The van der Waals surface area contributed by atoms with Crippen molar-refractivity contribution in [2.24, 2.45) is 0 Å². The van der Waals surface area contributed by atoms with Gasteiger partial charge in [-0.3, -0.25) is 18.9 Å². The van der Waals surface area contributed by atoms with E-state index in [2.05, 4.69) is 5.32 Å². The van der Waals surface area contributed by atoms with Crippen LogP contribution in [0.3, 0.4) is 0 Å². The van der Waals surface area contributed by atoms with Crippen LogP contribution in [0.5, 0.6) is 5.75 Å². The first-order chi connectivity index (χ1) is 15.5. The highest BCUT2D eigenvalue weighted by molar-refractivity contribution is 7.52. The number of aliphatic hydroxyl groups excluding tert-OH is 2. The molecule has 1 amide bonds. The SMILES string of the molecule is COc1cccc(C(OC(=O)NC[C@H]2O[C@@H](n3ccc(=O)[nH]c3=O)[C@H](O)[C@@H]2O)P(=O)(O)O)c1. The number of amides is 1. The molecule has 3 rings (SSSR count). The third kappa shape index (κ3) is 5.68. The third-order valence-corrected chi connectivity index (χ3v) is 5.83. The Balaban J connectivity index is 1.67. The van der Waals surface area contributed by atoms with Crippen LogP contribution >= 0.6 is 7.60 Å². The molecular weight excluding hydrogens is 465 g/mol. The lowest BCUT2D eigenvalue weighted by Crippen LogP contribution is -2.40. The van der Waals surface area contributed by atoms with Gasteiger partial charge in [0.15, 0.2) is 6.23 Å². The number of carbonyl (C=O) groups is 1. The fraction of sp³-hybridized carbons (Fsp3) is 0.389. The molecule has 2 aromatic rings. The molecule has 1 aromatic heterocycles. The Hall–Kier alpha value is -3.00. The van der Waals surface area contributed by atoms with Gasteiger partial charge in [-0.25, -0.2) is 9.59 Å². The second kappa shape index (κ2) is 9.87. The maximum Gasteiger partial charge on any atom is 0.408 e. The van der Waals surface area contributed by atoms with E-state index >= 15 is 0 Å². The molecule has 1 unspecified atom stereocenters. The van der Waals surface area contributed by atoms with E-state index in [-0.39, 0.29) is 11.3 Å². The molecule has 1 aromatic carbocycles. The minimum Gasteiger partial charge on any atom is -0.497 e. The number of aromatic nitrogens is 2. The van der Waals surface area contributed by atoms with Crippen LogP contribution in [0.1, 0.15) is 17.6 Å². The minimum atomic E-state index is -4.94. The molecule has 0 radical (unpaired) electrons. The standard InChI is InChI=1S/C18H22N3O11P/c1-30-10-4-2-3-9(7-10)16(33(27,28)29)32-18(26)19-8-11-13(23)14(24)15(31-11)21-6-5-12(22)20-17(21)25/h2-7,11,13-16,23-24H,8H2,1H3,(H,19,26)(H,20,22,25)(H2,27,28,29)/t11-,13-,14-,15-,16?/m1/s1. The van der Waals surface area contributed by atoms with Gasteiger partial charge in [0.25, 0.3) is 5.56 Å². The second-order valence-corrected chi connectivity index (χ2v) is 8.72. The number of benzene rings is 1. The van der Waals surface area contributed by atoms with Crippen molar-refractivity contribution >= 4 is 13.7 Å². The van der Waals surface area contributed by atoms with Crippen molar-refractivity contribution in [3.05, 3.63) is 62.9 Å². The Morgan fingerprint density at radius 3 is 2.64 bits per heavy atom. The molecular formula is C18H22N3O11P. The maximum absolute atomic E-state index is 12.2. The third-order valence-electron chi connectivity index (χ3n) is 4.81. The van der Waals surface area contributed by atoms with E-state index in [0.29, 0.717) is 0 Å². The van der Waals surface area contributed by atoms with Crippen LogP contribution in [0.25, 0.3) is 0 Å². The first-order valence-corrected chi connectivity index (χ1v) is 11.2. The van der Waals surface area contributed by atoms with E-state index < -0.39 is 61.9 Å². The smallest absolute Gasteiger partial charge is 0.408 e. The number of rotatable bonds is 7. The van der Waals surface area contributed by atoms with Gasteiger partial charge in [-0.2, -0.15) is 0 Å². The summed E-state index contributed by atoms with van der Waals surface area (Å²) in [6.07, 6.45) is -5.83. The highest BCUT2D eigenvalue weighted by atomic mass is 31.2. The van der Waals surface area contributed by atoms with Crippen LogP contribution < -0.4 is 21.3 Å². The van der Waals surface area contributed by atoms with E-state index in [1.807, 2.05) is 4.98 Å². The number of nitrogens with zero attached hydrogens (tertiary/aromatic N) is 1. The summed E-state index contributed by atoms with van der Waals surface area (Å²) in [7, 11) is -3.58. The topological polar surface area (TPSA) is 210 Å². The lowest BCUT2D eigenvalue weighted by atomic mass is 10.1. The van der Waals surface area contributed by atoms with Gasteiger partial charge in [-0.1, -0.05) is 12.1 Å². The van der Waals surface area contributed by atoms with Crippen molar-refractivity contribution < 1.29 is 43.6 Å². The number of H-pyrrole nitrogens is 1. The highest BCUT2D eigenvalue weighted by Crippen LogP contribution is 2.52. The van der Waals surface area contributed by atoms with E-state index in [9.17, 15) is 38.9 Å². The molecule has 2 heterocycles. The van der Waals surface area contributed by atoms with Gasteiger partial charge in [0.05, 0.1) is 7.11 Å². The van der Waals surface area contributed by atoms with Gasteiger partial charge in [-0.15, -0.1) is 0 Å². The lowest BCUT2D eigenvalue weighted by molar-refractivity contribution is -0.0391. The number of carbonyl (C=O) groups excluding carboxylic acids is 1. The van der Waals surface area contributed by atoms with Crippen LogP contribution in [0.15, 0.2) is 46.1 Å². The molecule has 33 heavy (non-hydrogen) atoms. The Kier molecular flexibility index (Phi) is 7.37. The summed E-state index contributed by atoms with van der Waals surface area (Å²) in [6.45, 7) is -0.433. The monoisotopic (exact) mass is 487 g/mol. The summed E-state index contributed by atoms with van der Waals surface area (Å²) in [5, 5.41) is 22.6. The number of nitrogens with one attached hydrogen (secondary N) is 2. The summed E-state index contributed by atoms with van der Waals surface area (Å²) in [6, 6.07) is 6.65. The zero-order chi connectivity index (χ0) is 24.3. The van der Waals surface area contributed by atoms with Crippen LogP contribution in [0.2, 0.25) is 0 Å². The molecule has 1 aliphatic heterocycles. The number of alkyl carbamates (subject to hydrolysis) is 1. The predicted octanol–water partition coefficient (Wildman–Crippen LogP) is -1.23. The molecule has 1 fully saturated rings. The fourth-order valence-electron chi connectivity index (χ4n) is 3.21. The first kappa shape index (κ1) is 24.6. The van der Waals surface area contributed by atoms with E-state index in [1.54, 1.807) is 0 Å². The Labute approximate surface area is 185 Å². The van der Waals surface area contributed by atoms with Gasteiger partial charge in [0.1, 0.15) is 24.1 Å². The fourth-order valence-corrected chi connectivity index (χ4v) is 3.99. The Bertz CT molecular complexity index is 1160. The van der Waals surface area contributed by atoms with Gasteiger partial charge in [-0.05, 0) is 12.1 Å². The number of methoxy groups -OCH3 is 1. The number of ether oxygens (including phenoxy) is 3. The van der Waals surface area contributed by atoms with Crippen molar-refractivity contribution in [1.29, 1.82) is 0 Å². The van der Waals surface area contributed by atoms with Gasteiger partial charge in [0.2, 0.25) is 5.85 Å². The van der Waals surface area contributed by atoms with Gasteiger partial charge < -0.3 is 39.5 Å². The Morgan fingerprint density at radius 2 is 2.00 bits per heavy atom. The molecule has 1 saturated heterocycles. The molecule has 15 heteroatoms. The molecule has 14 nitrogen and oxygen atoms in total. The van der Waals surface area contributed by atoms with E-state index in [1.165, 1.54) is 31.4 Å². The molecule has 0 spiro atoms. The normalized spacial score (nSPS) is 23.7. The van der Waals surface area contributed by atoms with Crippen molar-refractivity contribution in [3.63, 3.8) is 0 Å². The van der Waals surface area contributed by atoms with Crippen molar-refractivity contribution in [2.75, 3.05) is 13.7 Å². The average molecular weight is 487 g/mol. The van der Waals surface area contributed by atoms with Crippen LogP contribution in [-0.4, -0.2) is 67.6 Å². The van der Waals surface area contributed by atoms with Crippen molar-refractivity contribution in [2.45, 2.75) is 30.4 Å². The number of hydrogen-bond acceptors (Lipinski definition) is 9. The molecule has 1 aliphatic rings. The number of hydrogen-bond donors (Lipinski definition) is 6. The summed E-state index contributed by atoms with van der Waals surface area (Å²) >= 11 is 0. The Morgan fingerprint density at radius 1 is 1.27 bits per heavy atom. The second-order valence-electron chi connectivity index (χ2n) is 7.07. The zero-order valence-electron chi connectivity index (χ0n) is 17.1. The molecule has 6 N–H and O–H groups in total. The van der Waals surface area contributed by atoms with Crippen molar-refractivity contribution in [3.8, 4) is 5.75 Å². The van der Waals surface area contributed by atoms with Gasteiger partial charge in [0, 0.05) is 24.4 Å². The molecule has 0 aliphatic carbocycles. The molecule has 0 bridgehead atoms. The largest absolute Gasteiger partial charge is 0.497 e. The lowest BCUT2D eigenvalue weighted by Gasteiger charge is -2.21. The summed E-state index contributed by atoms with van der Waals surface area (Å²) in [5.41, 5.74) is -1.56. The predicted molar refractivity (Wildman–Crippen MR) is 110 cm³/mol. The van der Waals surface area contributed by atoms with Crippen LogP contribution in [0, 0.1) is 0 Å². The van der Waals surface area contributed by atoms with Crippen molar-refractivity contribution in [1.82, 2.24) is 14.9 Å². The molecule has 5 atom stereocenters. The molecule has 180 valence electrons. The van der Waals surface area contributed by atoms with E-state index in [0.717, 1.165) is 16.8 Å². The summed E-state index contributed by atoms with van der Waals surface area (Å²) in [5.74, 6) is -1.64.